The highest BCUT2D eigenvalue weighted by molar-refractivity contribution is 6.01. The standard InChI is InChI=1S/C52H43N/c1-5-17-46-36(7-3)33-43-35-50(48-34-37(8-4)47(18-6-2)52(48)51(43)46)53(49-24-16-15-23-45(49)42-21-13-10-14-22-42)44-31-29-41(30-32-44)40-27-25-39(26-28-40)38-19-11-9-12-20-38/h5-32,35H,3-4,33-34H2,1-2H3/b17-5-,18-6-. The quantitative estimate of drug-likeness (QED) is 0.139. The van der Waals surface area contributed by atoms with Gasteiger partial charge in [-0.25, -0.2) is 0 Å². The van der Waals surface area contributed by atoms with Gasteiger partial charge in [0.05, 0.1) is 11.4 Å². The summed E-state index contributed by atoms with van der Waals surface area (Å²) in [5, 5.41) is 0. The number of fused-ring (bicyclic) bond motifs is 3. The van der Waals surface area contributed by atoms with Crippen LogP contribution in [0.3, 0.4) is 0 Å². The van der Waals surface area contributed by atoms with Crippen molar-refractivity contribution in [3.05, 3.63) is 223 Å². The summed E-state index contributed by atoms with van der Waals surface area (Å²) in [5.41, 5.74) is 21.0. The van der Waals surface area contributed by atoms with Gasteiger partial charge in [-0.05, 0) is 117 Å². The van der Waals surface area contributed by atoms with E-state index < -0.39 is 0 Å². The van der Waals surface area contributed by atoms with Crippen molar-refractivity contribution in [3.63, 3.8) is 0 Å². The fourth-order valence-electron chi connectivity index (χ4n) is 8.10. The molecular weight excluding hydrogens is 639 g/mol. The van der Waals surface area contributed by atoms with E-state index in [9.17, 15) is 0 Å². The van der Waals surface area contributed by atoms with Gasteiger partial charge in [0.15, 0.2) is 0 Å². The van der Waals surface area contributed by atoms with Crippen LogP contribution in [0.1, 0.15) is 36.1 Å². The van der Waals surface area contributed by atoms with Gasteiger partial charge in [-0.1, -0.05) is 165 Å². The maximum Gasteiger partial charge on any atom is 0.0540 e. The summed E-state index contributed by atoms with van der Waals surface area (Å²) in [6, 6.07) is 50.5. The van der Waals surface area contributed by atoms with E-state index in [1.165, 1.54) is 83.6 Å². The van der Waals surface area contributed by atoms with Crippen molar-refractivity contribution in [1.29, 1.82) is 0 Å². The van der Waals surface area contributed by atoms with Gasteiger partial charge < -0.3 is 4.90 Å². The minimum atomic E-state index is 0.809. The number of benzene rings is 6. The molecule has 0 radical (unpaired) electrons. The maximum atomic E-state index is 4.30. The molecule has 0 amide bonds. The summed E-state index contributed by atoms with van der Waals surface area (Å²) in [7, 11) is 0. The second kappa shape index (κ2) is 14.7. The first-order chi connectivity index (χ1) is 26.1. The Morgan fingerprint density at radius 3 is 1.57 bits per heavy atom. The van der Waals surface area contributed by atoms with Gasteiger partial charge in [-0.15, -0.1) is 0 Å². The van der Waals surface area contributed by atoms with Gasteiger partial charge in [-0.3, -0.25) is 0 Å². The van der Waals surface area contributed by atoms with Gasteiger partial charge in [0, 0.05) is 17.7 Å². The molecule has 0 N–H and O–H groups in total. The maximum absolute atomic E-state index is 4.30. The Labute approximate surface area is 314 Å². The summed E-state index contributed by atoms with van der Waals surface area (Å²) in [5.74, 6) is 0. The Morgan fingerprint density at radius 2 is 0.981 bits per heavy atom. The number of hydrogen-bond donors (Lipinski definition) is 0. The molecule has 2 aliphatic carbocycles. The van der Waals surface area contributed by atoms with Crippen LogP contribution in [0.4, 0.5) is 17.1 Å². The van der Waals surface area contributed by atoms with Crippen molar-refractivity contribution < 1.29 is 0 Å². The van der Waals surface area contributed by atoms with Crippen LogP contribution in [-0.2, 0) is 12.8 Å². The van der Waals surface area contributed by atoms with E-state index in [-0.39, 0.29) is 0 Å². The number of hydrogen-bond acceptors (Lipinski definition) is 1. The van der Waals surface area contributed by atoms with E-state index in [0.29, 0.717) is 0 Å². The molecule has 0 bridgehead atoms. The molecule has 8 rings (SSSR count). The highest BCUT2D eigenvalue weighted by Gasteiger charge is 2.33. The predicted octanol–water partition coefficient (Wildman–Crippen LogP) is 14.3. The lowest BCUT2D eigenvalue weighted by atomic mass is 9.89. The van der Waals surface area contributed by atoms with E-state index >= 15 is 0 Å². The summed E-state index contributed by atoms with van der Waals surface area (Å²) in [4.78, 5) is 2.49. The predicted molar refractivity (Wildman–Crippen MR) is 229 cm³/mol. The van der Waals surface area contributed by atoms with E-state index in [4.69, 9.17) is 0 Å². The lowest BCUT2D eigenvalue weighted by Crippen LogP contribution is -2.15. The molecule has 0 aliphatic heterocycles. The molecule has 6 aromatic carbocycles. The Bertz CT molecular complexity index is 2450. The highest BCUT2D eigenvalue weighted by atomic mass is 15.1. The molecule has 1 heteroatoms. The highest BCUT2D eigenvalue weighted by Crippen LogP contribution is 2.52. The van der Waals surface area contributed by atoms with Crippen molar-refractivity contribution in [1.82, 2.24) is 0 Å². The Morgan fingerprint density at radius 1 is 0.491 bits per heavy atom. The molecule has 256 valence electrons. The monoisotopic (exact) mass is 681 g/mol. The SMILES string of the molecule is C=CC1=C(/C=C\C)c2c(cc(N(c3ccc(-c4ccc(-c5ccccc5)cc4)cc3)c3ccccc3-c3ccccc3)c3c2C(/C=C\C)=C(C=C)C3)C1. The molecule has 0 saturated heterocycles. The molecule has 0 aromatic heterocycles. The molecule has 6 aromatic rings. The minimum Gasteiger partial charge on any atom is -0.310 e. The second-order valence-corrected chi connectivity index (χ2v) is 13.6. The number of para-hydroxylation sites is 1. The Balaban J connectivity index is 1.33. The lowest BCUT2D eigenvalue weighted by molar-refractivity contribution is 1.16. The van der Waals surface area contributed by atoms with Crippen LogP contribution in [0.5, 0.6) is 0 Å². The second-order valence-electron chi connectivity index (χ2n) is 13.6. The van der Waals surface area contributed by atoms with Gasteiger partial charge in [0.2, 0.25) is 0 Å². The van der Waals surface area contributed by atoms with E-state index in [1.807, 2.05) is 12.2 Å². The average molecular weight is 682 g/mol. The smallest absolute Gasteiger partial charge is 0.0540 e. The summed E-state index contributed by atoms with van der Waals surface area (Å²) < 4.78 is 0. The molecule has 53 heavy (non-hydrogen) atoms. The first-order valence-corrected chi connectivity index (χ1v) is 18.5. The fraction of sp³-hybridized carbons (Fsp3) is 0.0769. The van der Waals surface area contributed by atoms with Crippen LogP contribution in [-0.4, -0.2) is 0 Å². The van der Waals surface area contributed by atoms with Crippen molar-refractivity contribution in [2.45, 2.75) is 26.7 Å². The van der Waals surface area contributed by atoms with E-state index in [2.05, 4.69) is 196 Å². The zero-order valence-corrected chi connectivity index (χ0v) is 30.5. The van der Waals surface area contributed by atoms with Crippen LogP contribution < -0.4 is 4.90 Å². The Kier molecular flexibility index (Phi) is 9.32. The van der Waals surface area contributed by atoms with Crippen molar-refractivity contribution in [3.8, 4) is 33.4 Å². The number of allylic oxidation sites excluding steroid dienone is 10. The molecule has 0 atom stereocenters. The van der Waals surface area contributed by atoms with Crippen molar-refractivity contribution in [2.24, 2.45) is 0 Å². The normalized spacial score (nSPS) is 13.5. The molecule has 1 nitrogen and oxygen atoms in total. The molecule has 0 spiro atoms. The van der Waals surface area contributed by atoms with Crippen LogP contribution in [0.15, 0.2) is 200 Å². The number of anilines is 3. The fourth-order valence-corrected chi connectivity index (χ4v) is 8.10. The zero-order valence-electron chi connectivity index (χ0n) is 30.5. The molecule has 0 unspecified atom stereocenters. The third-order valence-electron chi connectivity index (χ3n) is 10.6. The zero-order chi connectivity index (χ0) is 36.3. The number of nitrogens with zero attached hydrogens (tertiary/aromatic N) is 1. The first-order valence-electron chi connectivity index (χ1n) is 18.5. The van der Waals surface area contributed by atoms with Crippen LogP contribution in [0.25, 0.3) is 44.5 Å². The first kappa shape index (κ1) is 33.7. The van der Waals surface area contributed by atoms with Crippen LogP contribution >= 0.6 is 0 Å². The third kappa shape index (κ3) is 6.15. The van der Waals surface area contributed by atoms with Gasteiger partial charge in [0.25, 0.3) is 0 Å². The molecule has 0 fully saturated rings. The largest absolute Gasteiger partial charge is 0.310 e. The summed E-state index contributed by atoms with van der Waals surface area (Å²) in [6.07, 6.45) is 14.6. The number of rotatable bonds is 10. The van der Waals surface area contributed by atoms with Crippen LogP contribution in [0, 0.1) is 0 Å². The van der Waals surface area contributed by atoms with Crippen molar-refractivity contribution >= 4 is 28.2 Å². The van der Waals surface area contributed by atoms with Gasteiger partial charge in [0.1, 0.15) is 0 Å². The van der Waals surface area contributed by atoms with Crippen molar-refractivity contribution in [2.75, 3.05) is 4.90 Å². The van der Waals surface area contributed by atoms with E-state index in [1.54, 1.807) is 0 Å². The lowest BCUT2D eigenvalue weighted by Gasteiger charge is -2.31. The summed E-state index contributed by atoms with van der Waals surface area (Å²) >= 11 is 0. The van der Waals surface area contributed by atoms with Gasteiger partial charge in [-0.2, -0.15) is 0 Å². The topological polar surface area (TPSA) is 3.24 Å². The van der Waals surface area contributed by atoms with Gasteiger partial charge >= 0.3 is 0 Å². The third-order valence-corrected chi connectivity index (χ3v) is 10.6. The van der Waals surface area contributed by atoms with Crippen LogP contribution in [0.2, 0.25) is 0 Å². The molecule has 0 saturated carbocycles. The Hall–Kier alpha value is -6.44. The average Bonchev–Trinajstić information content (AvgIpc) is 3.77. The summed E-state index contributed by atoms with van der Waals surface area (Å²) in [6.45, 7) is 12.7. The molecule has 0 heterocycles. The molecule has 2 aliphatic rings. The minimum absolute atomic E-state index is 0.809. The molecular formula is C52H43N. The van der Waals surface area contributed by atoms with E-state index in [0.717, 1.165) is 24.2 Å².